The number of ether oxygens (including phenoxy) is 1. The maximum Gasteiger partial charge on any atom is 0.407 e. The van der Waals surface area contributed by atoms with E-state index in [0.717, 1.165) is 11.1 Å². The first-order valence-corrected chi connectivity index (χ1v) is 11.0. The lowest BCUT2D eigenvalue weighted by Gasteiger charge is -2.20. The van der Waals surface area contributed by atoms with E-state index in [-0.39, 0.29) is 43.2 Å². The number of fused-ring (bicyclic) bond motifs is 3. The Labute approximate surface area is 187 Å². The minimum absolute atomic E-state index is 0.00171. The topological polar surface area (TPSA) is 95.9 Å². The van der Waals surface area contributed by atoms with Crippen LogP contribution in [0.3, 0.4) is 0 Å². The summed E-state index contributed by atoms with van der Waals surface area (Å²) in [7, 11) is 0. The van der Waals surface area contributed by atoms with Gasteiger partial charge in [0, 0.05) is 37.9 Å². The van der Waals surface area contributed by atoms with E-state index in [2.05, 4.69) is 29.6 Å². The van der Waals surface area contributed by atoms with Crippen LogP contribution in [-0.2, 0) is 14.3 Å². The van der Waals surface area contributed by atoms with Crippen LogP contribution in [-0.4, -0.2) is 53.7 Å². The summed E-state index contributed by atoms with van der Waals surface area (Å²) >= 11 is 0. The summed E-state index contributed by atoms with van der Waals surface area (Å²) < 4.78 is 5.54. The molecule has 2 aromatic rings. The van der Waals surface area contributed by atoms with Crippen LogP contribution in [0.15, 0.2) is 48.5 Å². The van der Waals surface area contributed by atoms with Gasteiger partial charge in [-0.2, -0.15) is 0 Å². The van der Waals surface area contributed by atoms with E-state index in [0.29, 0.717) is 19.5 Å². The first-order valence-electron chi connectivity index (χ1n) is 11.0. The summed E-state index contributed by atoms with van der Waals surface area (Å²) in [6.07, 6.45) is 0.394. The molecule has 0 aromatic heterocycles. The molecule has 2 amide bonds. The average Bonchev–Trinajstić information content (AvgIpc) is 3.34. The highest BCUT2D eigenvalue weighted by atomic mass is 16.5. The zero-order valence-corrected chi connectivity index (χ0v) is 18.1. The van der Waals surface area contributed by atoms with Gasteiger partial charge in [-0.05, 0) is 41.5 Å². The van der Waals surface area contributed by atoms with Gasteiger partial charge in [0.05, 0.1) is 0 Å². The largest absolute Gasteiger partial charge is 0.481 e. The Morgan fingerprint density at radius 1 is 1.09 bits per heavy atom. The van der Waals surface area contributed by atoms with Crippen LogP contribution in [0.25, 0.3) is 11.1 Å². The molecule has 1 heterocycles. The maximum atomic E-state index is 12.5. The molecular formula is C25H28N2O5. The highest BCUT2D eigenvalue weighted by molar-refractivity contribution is 5.80. The first-order chi connectivity index (χ1) is 15.4. The number of hydrogen-bond acceptors (Lipinski definition) is 4. The van der Waals surface area contributed by atoms with Crippen LogP contribution >= 0.6 is 0 Å². The third-order valence-corrected chi connectivity index (χ3v) is 6.29. The predicted octanol–water partition coefficient (Wildman–Crippen LogP) is 3.63. The third kappa shape index (κ3) is 4.77. The van der Waals surface area contributed by atoms with E-state index in [9.17, 15) is 14.4 Å². The predicted molar refractivity (Wildman–Crippen MR) is 119 cm³/mol. The monoisotopic (exact) mass is 436 g/mol. The van der Waals surface area contributed by atoms with E-state index < -0.39 is 12.1 Å². The first kappa shape index (κ1) is 21.9. The van der Waals surface area contributed by atoms with Gasteiger partial charge in [0.2, 0.25) is 5.91 Å². The Balaban J connectivity index is 1.27. The Morgan fingerprint density at radius 3 is 2.34 bits per heavy atom. The van der Waals surface area contributed by atoms with Crippen molar-refractivity contribution in [3.05, 3.63) is 59.7 Å². The van der Waals surface area contributed by atoms with Gasteiger partial charge in [0.25, 0.3) is 0 Å². The van der Waals surface area contributed by atoms with Gasteiger partial charge >= 0.3 is 12.1 Å². The molecule has 2 atom stereocenters. The van der Waals surface area contributed by atoms with Gasteiger partial charge in [0.15, 0.2) is 0 Å². The second-order valence-electron chi connectivity index (χ2n) is 8.67. The zero-order valence-electron chi connectivity index (χ0n) is 18.1. The number of rotatable bonds is 7. The molecule has 1 saturated heterocycles. The summed E-state index contributed by atoms with van der Waals surface area (Å²) in [5.41, 5.74) is 4.63. The number of amides is 2. The van der Waals surface area contributed by atoms with Crippen LogP contribution < -0.4 is 5.32 Å². The van der Waals surface area contributed by atoms with E-state index >= 15 is 0 Å². The molecule has 168 valence electrons. The van der Waals surface area contributed by atoms with Crippen LogP contribution in [0, 0.1) is 5.92 Å². The molecule has 0 bridgehead atoms. The molecule has 1 aliphatic heterocycles. The van der Waals surface area contributed by atoms with Crippen molar-refractivity contribution in [3.63, 3.8) is 0 Å². The lowest BCUT2D eigenvalue weighted by atomic mass is 9.98. The number of aliphatic carboxylic acids is 1. The number of benzene rings is 2. The van der Waals surface area contributed by atoms with Gasteiger partial charge < -0.3 is 20.1 Å². The zero-order chi connectivity index (χ0) is 22.7. The minimum Gasteiger partial charge on any atom is -0.481 e. The highest BCUT2D eigenvalue weighted by Gasteiger charge is 2.30. The Kier molecular flexibility index (Phi) is 6.44. The molecule has 1 aliphatic carbocycles. The molecule has 0 saturated carbocycles. The summed E-state index contributed by atoms with van der Waals surface area (Å²) in [5.74, 6) is -0.929. The summed E-state index contributed by atoms with van der Waals surface area (Å²) in [4.78, 5) is 37.4. The molecule has 2 aromatic carbocycles. The molecule has 1 unspecified atom stereocenters. The van der Waals surface area contributed by atoms with Crippen molar-refractivity contribution in [1.82, 2.24) is 10.2 Å². The SMILES string of the molecule is C[C@@H](CC(=O)N1CCC(CC(=O)O)C1)NC(=O)OCC1c2ccccc2-c2ccccc21. The van der Waals surface area contributed by atoms with Crippen LogP contribution in [0.1, 0.15) is 43.2 Å². The van der Waals surface area contributed by atoms with Crippen molar-refractivity contribution in [1.29, 1.82) is 0 Å². The molecule has 2 N–H and O–H groups in total. The van der Waals surface area contributed by atoms with E-state index in [1.165, 1.54) is 11.1 Å². The van der Waals surface area contributed by atoms with Gasteiger partial charge in [0.1, 0.15) is 6.61 Å². The lowest BCUT2D eigenvalue weighted by Crippen LogP contribution is -2.39. The lowest BCUT2D eigenvalue weighted by molar-refractivity contribution is -0.138. The number of alkyl carbamates (subject to hydrolysis) is 1. The van der Waals surface area contributed by atoms with Crippen LogP contribution in [0.5, 0.6) is 0 Å². The summed E-state index contributed by atoms with van der Waals surface area (Å²) in [5, 5.41) is 11.7. The number of nitrogens with zero attached hydrogens (tertiary/aromatic N) is 1. The highest BCUT2D eigenvalue weighted by Crippen LogP contribution is 2.44. The van der Waals surface area contributed by atoms with Crippen LogP contribution in [0.2, 0.25) is 0 Å². The number of hydrogen-bond donors (Lipinski definition) is 2. The molecule has 2 aliphatic rings. The van der Waals surface area contributed by atoms with Crippen molar-refractivity contribution < 1.29 is 24.2 Å². The standard InChI is InChI=1S/C25H28N2O5/c1-16(12-23(28)27-11-10-17(14-27)13-24(29)30)26-25(31)32-15-22-20-8-4-2-6-18(20)19-7-3-5-9-21(19)22/h2-9,16-17,22H,10-15H2,1H3,(H,26,31)(H,29,30)/t16-,17?/m0/s1. The smallest absolute Gasteiger partial charge is 0.407 e. The Morgan fingerprint density at radius 2 is 1.72 bits per heavy atom. The third-order valence-electron chi connectivity index (χ3n) is 6.29. The number of likely N-dealkylation sites (tertiary alicyclic amines) is 1. The van der Waals surface area contributed by atoms with E-state index in [4.69, 9.17) is 9.84 Å². The summed E-state index contributed by atoms with van der Waals surface area (Å²) in [6, 6.07) is 15.9. The van der Waals surface area contributed by atoms with E-state index in [1.54, 1.807) is 11.8 Å². The van der Waals surface area contributed by atoms with Crippen molar-refractivity contribution in [3.8, 4) is 11.1 Å². The normalized spacial score (nSPS) is 18.0. The van der Waals surface area contributed by atoms with Crippen molar-refractivity contribution in [2.24, 2.45) is 5.92 Å². The molecule has 7 nitrogen and oxygen atoms in total. The Hall–Kier alpha value is -3.35. The van der Waals surface area contributed by atoms with Crippen molar-refractivity contribution in [2.75, 3.05) is 19.7 Å². The fraction of sp³-hybridized carbons (Fsp3) is 0.400. The van der Waals surface area contributed by atoms with Crippen LogP contribution in [0.4, 0.5) is 4.79 Å². The number of carboxylic acids is 1. The maximum absolute atomic E-state index is 12.5. The minimum atomic E-state index is -0.838. The second-order valence-corrected chi connectivity index (χ2v) is 8.67. The molecular weight excluding hydrogens is 408 g/mol. The number of carbonyl (C=O) groups is 3. The van der Waals surface area contributed by atoms with Gasteiger partial charge in [-0.15, -0.1) is 0 Å². The number of nitrogens with one attached hydrogen (secondary N) is 1. The summed E-state index contributed by atoms with van der Waals surface area (Å²) in [6.45, 7) is 3.02. The van der Waals surface area contributed by atoms with Crippen molar-refractivity contribution >= 4 is 18.0 Å². The van der Waals surface area contributed by atoms with Crippen molar-refractivity contribution in [2.45, 2.75) is 38.1 Å². The number of carbonyl (C=O) groups excluding carboxylic acids is 2. The molecule has 0 spiro atoms. The fourth-order valence-corrected chi connectivity index (χ4v) is 4.76. The van der Waals surface area contributed by atoms with Gasteiger partial charge in [-0.3, -0.25) is 9.59 Å². The van der Waals surface area contributed by atoms with Gasteiger partial charge in [-0.1, -0.05) is 48.5 Å². The Bertz CT molecular complexity index is 975. The fourth-order valence-electron chi connectivity index (χ4n) is 4.76. The molecule has 7 heteroatoms. The molecule has 1 fully saturated rings. The van der Waals surface area contributed by atoms with E-state index in [1.807, 2.05) is 24.3 Å². The van der Waals surface area contributed by atoms with Gasteiger partial charge in [-0.25, -0.2) is 4.79 Å². The quantitative estimate of drug-likeness (QED) is 0.691. The number of carboxylic acid groups (broad SMARTS) is 1. The molecule has 32 heavy (non-hydrogen) atoms. The average molecular weight is 437 g/mol. The molecule has 4 rings (SSSR count). The second kappa shape index (κ2) is 9.42. The molecule has 0 radical (unpaired) electrons.